The molecule has 0 bridgehead atoms. The maximum atomic E-state index is 5.45. The highest BCUT2D eigenvalue weighted by Crippen LogP contribution is 2.34. The van der Waals surface area contributed by atoms with Crippen molar-refractivity contribution in [2.24, 2.45) is 0 Å². The number of hydrogen-bond donors (Lipinski definition) is 0. The molecule has 0 heterocycles. The highest BCUT2D eigenvalue weighted by atomic mass is 15.1. The van der Waals surface area contributed by atoms with E-state index >= 15 is 0 Å². The first kappa shape index (κ1) is 21.8. The Labute approximate surface area is 207 Å². The van der Waals surface area contributed by atoms with Crippen molar-refractivity contribution in [2.45, 2.75) is 0 Å². The Morgan fingerprint density at radius 1 is 0.400 bits per heavy atom. The van der Waals surface area contributed by atoms with Gasteiger partial charge in [-0.2, -0.15) is 0 Å². The fourth-order valence-corrected chi connectivity index (χ4v) is 3.94. The van der Waals surface area contributed by atoms with Gasteiger partial charge in [0.05, 0.1) is 0 Å². The number of benzene rings is 5. The molecule has 5 rings (SSSR count). The van der Waals surface area contributed by atoms with Crippen LogP contribution in [0, 0.1) is 24.2 Å². The van der Waals surface area contributed by atoms with Gasteiger partial charge < -0.3 is 4.90 Å². The van der Waals surface area contributed by atoms with E-state index in [1.54, 1.807) is 0 Å². The molecular weight excluding hydrogens is 422 g/mol. The second-order valence-electron chi connectivity index (χ2n) is 8.10. The summed E-state index contributed by atoms with van der Waals surface area (Å²) in [6.45, 7) is 0. The number of para-hydroxylation sites is 2. The lowest BCUT2D eigenvalue weighted by molar-refractivity contribution is 1.28. The van der Waals surface area contributed by atoms with Crippen LogP contribution in [0.2, 0.25) is 0 Å². The minimum absolute atomic E-state index is 0.887. The molecule has 0 saturated heterocycles. The van der Waals surface area contributed by atoms with E-state index in [2.05, 4.69) is 120 Å². The number of nitrogens with zero attached hydrogens (tertiary/aromatic N) is 1. The van der Waals surface area contributed by atoms with Gasteiger partial charge in [-0.3, -0.25) is 0 Å². The molecule has 0 amide bonds. The van der Waals surface area contributed by atoms with Crippen LogP contribution < -0.4 is 4.90 Å². The van der Waals surface area contributed by atoms with Crippen LogP contribution in [-0.4, -0.2) is 0 Å². The normalized spacial score (nSPS) is 10.0. The van der Waals surface area contributed by atoms with E-state index in [9.17, 15) is 0 Å². The average molecular weight is 446 g/mol. The first-order chi connectivity index (χ1) is 17.3. The predicted octanol–water partition coefficient (Wildman–Crippen LogP) is 8.20. The van der Waals surface area contributed by atoms with E-state index in [1.165, 1.54) is 0 Å². The van der Waals surface area contributed by atoms with Crippen LogP contribution in [-0.2, 0) is 0 Å². The Hall–Kier alpha value is -4.98. The fraction of sp³-hybridized carbons (Fsp3) is 0. The SMILES string of the molecule is C#Cc1ccc(-c2ccc(C#Cc3ccc(N(c4ccccc4)c4ccccc4)cc3)cc2)cc1. The van der Waals surface area contributed by atoms with Gasteiger partial charge in [0.2, 0.25) is 0 Å². The molecular formula is C34H23N. The lowest BCUT2D eigenvalue weighted by Crippen LogP contribution is -2.09. The fourth-order valence-electron chi connectivity index (χ4n) is 3.94. The van der Waals surface area contributed by atoms with Crippen LogP contribution in [0.4, 0.5) is 17.1 Å². The van der Waals surface area contributed by atoms with Gasteiger partial charge in [-0.15, -0.1) is 6.42 Å². The van der Waals surface area contributed by atoms with Crippen molar-refractivity contribution >= 4 is 17.1 Å². The monoisotopic (exact) mass is 445 g/mol. The van der Waals surface area contributed by atoms with Gasteiger partial charge in [0, 0.05) is 33.8 Å². The first-order valence-corrected chi connectivity index (χ1v) is 11.5. The zero-order valence-electron chi connectivity index (χ0n) is 19.2. The van der Waals surface area contributed by atoms with Crippen molar-refractivity contribution in [3.8, 4) is 35.3 Å². The van der Waals surface area contributed by atoms with Crippen LogP contribution in [0.1, 0.15) is 16.7 Å². The van der Waals surface area contributed by atoms with Gasteiger partial charge in [0.15, 0.2) is 0 Å². The Morgan fingerprint density at radius 3 is 1.20 bits per heavy atom. The van der Waals surface area contributed by atoms with Gasteiger partial charge >= 0.3 is 0 Å². The molecule has 35 heavy (non-hydrogen) atoms. The predicted molar refractivity (Wildman–Crippen MR) is 147 cm³/mol. The summed E-state index contributed by atoms with van der Waals surface area (Å²) in [5.41, 5.74) is 8.45. The van der Waals surface area contributed by atoms with Gasteiger partial charge in [-0.05, 0) is 83.9 Å². The zero-order chi connectivity index (χ0) is 23.9. The summed E-state index contributed by atoms with van der Waals surface area (Å²) < 4.78 is 0. The minimum Gasteiger partial charge on any atom is -0.311 e. The highest BCUT2D eigenvalue weighted by molar-refractivity contribution is 5.76. The van der Waals surface area contributed by atoms with Gasteiger partial charge in [-0.1, -0.05) is 78.4 Å². The topological polar surface area (TPSA) is 3.24 Å². The van der Waals surface area contributed by atoms with E-state index in [4.69, 9.17) is 6.42 Å². The first-order valence-electron chi connectivity index (χ1n) is 11.5. The molecule has 164 valence electrons. The summed E-state index contributed by atoms with van der Waals surface area (Å²) in [5, 5.41) is 0. The maximum absolute atomic E-state index is 5.45. The van der Waals surface area contributed by atoms with E-state index in [1.807, 2.05) is 36.4 Å². The molecule has 0 aliphatic heterocycles. The molecule has 0 aliphatic carbocycles. The Bertz CT molecular complexity index is 1460. The average Bonchev–Trinajstić information content (AvgIpc) is 2.94. The second kappa shape index (κ2) is 10.3. The van der Waals surface area contributed by atoms with Crippen molar-refractivity contribution in [3.05, 3.63) is 150 Å². The van der Waals surface area contributed by atoms with Crippen molar-refractivity contribution < 1.29 is 0 Å². The summed E-state index contributed by atoms with van der Waals surface area (Å²) in [6, 6.07) is 45.5. The second-order valence-corrected chi connectivity index (χ2v) is 8.10. The number of rotatable bonds is 4. The summed E-state index contributed by atoms with van der Waals surface area (Å²) in [7, 11) is 0. The van der Waals surface area contributed by atoms with Crippen molar-refractivity contribution in [1.29, 1.82) is 0 Å². The largest absolute Gasteiger partial charge is 0.311 e. The van der Waals surface area contributed by atoms with Crippen LogP contribution in [0.5, 0.6) is 0 Å². The highest BCUT2D eigenvalue weighted by Gasteiger charge is 2.11. The zero-order valence-corrected chi connectivity index (χ0v) is 19.2. The lowest BCUT2D eigenvalue weighted by atomic mass is 10.0. The number of anilines is 3. The van der Waals surface area contributed by atoms with E-state index in [0.717, 1.165) is 44.9 Å². The van der Waals surface area contributed by atoms with Crippen LogP contribution >= 0.6 is 0 Å². The van der Waals surface area contributed by atoms with Gasteiger partial charge in [0.1, 0.15) is 0 Å². The molecule has 0 unspecified atom stereocenters. The Morgan fingerprint density at radius 2 is 0.771 bits per heavy atom. The van der Waals surface area contributed by atoms with Crippen LogP contribution in [0.25, 0.3) is 11.1 Å². The van der Waals surface area contributed by atoms with E-state index in [-0.39, 0.29) is 0 Å². The molecule has 5 aromatic rings. The third-order valence-corrected chi connectivity index (χ3v) is 5.78. The van der Waals surface area contributed by atoms with Crippen LogP contribution in [0.15, 0.2) is 133 Å². The molecule has 0 N–H and O–H groups in total. The summed E-state index contributed by atoms with van der Waals surface area (Å²) in [6.07, 6.45) is 5.45. The van der Waals surface area contributed by atoms with E-state index in [0.29, 0.717) is 0 Å². The molecule has 1 heteroatoms. The van der Waals surface area contributed by atoms with E-state index < -0.39 is 0 Å². The maximum Gasteiger partial charge on any atom is 0.0462 e. The molecule has 0 saturated carbocycles. The molecule has 0 aromatic heterocycles. The molecule has 0 spiro atoms. The molecule has 0 aliphatic rings. The Kier molecular flexibility index (Phi) is 6.43. The molecule has 0 atom stereocenters. The molecule has 0 fully saturated rings. The van der Waals surface area contributed by atoms with Crippen molar-refractivity contribution in [2.75, 3.05) is 4.90 Å². The molecule has 1 nitrogen and oxygen atoms in total. The lowest BCUT2D eigenvalue weighted by Gasteiger charge is -2.25. The van der Waals surface area contributed by atoms with Crippen LogP contribution in [0.3, 0.4) is 0 Å². The Balaban J connectivity index is 1.36. The summed E-state index contributed by atoms with van der Waals surface area (Å²) >= 11 is 0. The minimum atomic E-state index is 0.887. The van der Waals surface area contributed by atoms with Crippen molar-refractivity contribution in [1.82, 2.24) is 0 Å². The quantitative estimate of drug-likeness (QED) is 0.252. The smallest absolute Gasteiger partial charge is 0.0462 e. The summed E-state index contributed by atoms with van der Waals surface area (Å²) in [5.74, 6) is 9.22. The van der Waals surface area contributed by atoms with Crippen molar-refractivity contribution in [3.63, 3.8) is 0 Å². The molecule has 5 aromatic carbocycles. The molecule has 0 radical (unpaired) electrons. The third kappa shape index (κ3) is 5.17. The standard InChI is InChI=1S/C34H23N/c1-2-27-15-21-30(22-16-27)31-23-17-28(18-24-31)13-14-29-19-25-34(26-20-29)35(32-9-5-3-6-10-32)33-11-7-4-8-12-33/h1,3-12,15-26H. The van der Waals surface area contributed by atoms with Gasteiger partial charge in [-0.25, -0.2) is 0 Å². The number of terminal acetylenes is 1. The number of hydrogen-bond acceptors (Lipinski definition) is 1. The summed E-state index contributed by atoms with van der Waals surface area (Å²) in [4.78, 5) is 2.24. The van der Waals surface area contributed by atoms with Gasteiger partial charge in [0.25, 0.3) is 0 Å². The third-order valence-electron chi connectivity index (χ3n) is 5.78.